The number of benzene rings is 2. The van der Waals surface area contributed by atoms with E-state index in [1.165, 1.54) is 4.80 Å². The molecule has 3 rings (SSSR count). The van der Waals surface area contributed by atoms with Crippen molar-refractivity contribution in [2.75, 3.05) is 6.61 Å². The SMILES string of the molecule is CCCCc1ccc(-n2nc3ccc(OCC)cc3n2)c(O)c1. The van der Waals surface area contributed by atoms with E-state index in [9.17, 15) is 5.11 Å². The second kappa shape index (κ2) is 6.69. The highest BCUT2D eigenvalue weighted by Crippen LogP contribution is 2.25. The van der Waals surface area contributed by atoms with Crippen LogP contribution < -0.4 is 4.74 Å². The molecule has 1 aromatic heterocycles. The lowest BCUT2D eigenvalue weighted by Gasteiger charge is -2.06. The molecule has 23 heavy (non-hydrogen) atoms. The minimum Gasteiger partial charge on any atom is -0.506 e. The van der Waals surface area contributed by atoms with Gasteiger partial charge in [0.05, 0.1) is 6.61 Å². The lowest BCUT2D eigenvalue weighted by molar-refractivity contribution is 0.340. The molecule has 0 unspecified atom stereocenters. The summed E-state index contributed by atoms with van der Waals surface area (Å²) in [5.41, 5.74) is 3.22. The molecule has 0 amide bonds. The van der Waals surface area contributed by atoms with Gasteiger partial charge in [0.15, 0.2) is 0 Å². The van der Waals surface area contributed by atoms with Gasteiger partial charge in [0.25, 0.3) is 0 Å². The molecule has 0 saturated heterocycles. The number of fused-ring (bicyclic) bond motifs is 1. The molecule has 0 atom stereocenters. The Kier molecular flexibility index (Phi) is 4.46. The number of phenolic OH excluding ortho intramolecular Hbond substituents is 1. The molecule has 0 aliphatic rings. The van der Waals surface area contributed by atoms with Gasteiger partial charge in [-0.1, -0.05) is 19.4 Å². The van der Waals surface area contributed by atoms with Gasteiger partial charge in [0, 0.05) is 6.07 Å². The smallest absolute Gasteiger partial charge is 0.143 e. The molecule has 0 bridgehead atoms. The molecule has 2 aromatic carbocycles. The molecule has 0 saturated carbocycles. The van der Waals surface area contributed by atoms with E-state index >= 15 is 0 Å². The Bertz CT molecular complexity index is 811. The zero-order chi connectivity index (χ0) is 16.2. The summed E-state index contributed by atoms with van der Waals surface area (Å²) in [7, 11) is 0. The van der Waals surface area contributed by atoms with E-state index in [2.05, 4.69) is 17.1 Å². The highest BCUT2D eigenvalue weighted by Gasteiger charge is 2.10. The van der Waals surface area contributed by atoms with Crippen molar-refractivity contribution in [2.45, 2.75) is 33.1 Å². The molecule has 0 aliphatic carbocycles. The summed E-state index contributed by atoms with van der Waals surface area (Å²) in [5.74, 6) is 0.968. The predicted octanol–water partition coefficient (Wildman–Crippen LogP) is 3.87. The Balaban J connectivity index is 1.93. The molecular weight excluding hydrogens is 290 g/mol. The van der Waals surface area contributed by atoms with Crippen LogP contribution in [0.5, 0.6) is 11.5 Å². The Morgan fingerprint density at radius 2 is 1.87 bits per heavy atom. The van der Waals surface area contributed by atoms with Gasteiger partial charge in [-0.25, -0.2) is 0 Å². The molecular formula is C18H21N3O2. The van der Waals surface area contributed by atoms with Gasteiger partial charge in [-0.3, -0.25) is 0 Å². The van der Waals surface area contributed by atoms with Crippen LogP contribution in [0.2, 0.25) is 0 Å². The second-order valence-electron chi connectivity index (χ2n) is 5.50. The van der Waals surface area contributed by atoms with E-state index in [-0.39, 0.29) is 5.75 Å². The minimum atomic E-state index is 0.198. The molecule has 5 heteroatoms. The summed E-state index contributed by atoms with van der Waals surface area (Å²) in [6, 6.07) is 11.3. The van der Waals surface area contributed by atoms with Crippen LogP contribution in [0.15, 0.2) is 36.4 Å². The molecule has 3 aromatic rings. The summed E-state index contributed by atoms with van der Waals surface area (Å²) >= 11 is 0. The highest BCUT2D eigenvalue weighted by molar-refractivity contribution is 5.75. The van der Waals surface area contributed by atoms with E-state index < -0.39 is 0 Å². The van der Waals surface area contributed by atoms with E-state index in [0.717, 1.165) is 41.6 Å². The van der Waals surface area contributed by atoms with Crippen LogP contribution in [0.3, 0.4) is 0 Å². The average molecular weight is 311 g/mol. The number of unbranched alkanes of at least 4 members (excludes halogenated alkanes) is 1. The zero-order valence-corrected chi connectivity index (χ0v) is 13.5. The van der Waals surface area contributed by atoms with Crippen LogP contribution in [0, 0.1) is 0 Å². The van der Waals surface area contributed by atoms with Crippen molar-refractivity contribution >= 4 is 11.0 Å². The topological polar surface area (TPSA) is 60.2 Å². The van der Waals surface area contributed by atoms with Gasteiger partial charge in [0.1, 0.15) is 28.2 Å². The maximum atomic E-state index is 10.3. The zero-order valence-electron chi connectivity index (χ0n) is 13.5. The largest absolute Gasteiger partial charge is 0.506 e. The Hall–Kier alpha value is -2.56. The number of hydrogen-bond donors (Lipinski definition) is 1. The molecule has 0 spiro atoms. The average Bonchev–Trinajstić information content (AvgIpc) is 2.96. The number of nitrogens with zero attached hydrogens (tertiary/aromatic N) is 3. The quantitative estimate of drug-likeness (QED) is 0.751. The normalized spacial score (nSPS) is 11.0. The standard InChI is InChI=1S/C18H21N3O2/c1-3-5-6-13-7-10-17(18(22)11-13)21-19-15-9-8-14(23-4-2)12-16(15)20-21/h7-12,22H,3-6H2,1-2H3. The first-order valence-electron chi connectivity index (χ1n) is 8.03. The Morgan fingerprint density at radius 1 is 1.04 bits per heavy atom. The number of ether oxygens (including phenoxy) is 1. The first kappa shape index (κ1) is 15.3. The molecule has 120 valence electrons. The number of aromatic nitrogens is 3. The van der Waals surface area contributed by atoms with Crippen LogP contribution in [0.4, 0.5) is 0 Å². The predicted molar refractivity (Wildman–Crippen MR) is 90.3 cm³/mol. The van der Waals surface area contributed by atoms with Crippen molar-refractivity contribution < 1.29 is 9.84 Å². The maximum absolute atomic E-state index is 10.3. The lowest BCUT2D eigenvalue weighted by atomic mass is 10.1. The van der Waals surface area contributed by atoms with Gasteiger partial charge >= 0.3 is 0 Å². The summed E-state index contributed by atoms with van der Waals surface area (Å²) in [6.45, 7) is 4.71. The van der Waals surface area contributed by atoms with E-state index in [1.54, 1.807) is 6.07 Å². The van der Waals surface area contributed by atoms with Crippen LogP contribution in [0.25, 0.3) is 16.7 Å². The third kappa shape index (κ3) is 3.28. The molecule has 0 aliphatic heterocycles. The van der Waals surface area contributed by atoms with Gasteiger partial charge in [-0.05, 0) is 49.6 Å². The molecule has 0 radical (unpaired) electrons. The third-order valence-corrected chi connectivity index (χ3v) is 3.74. The molecule has 5 nitrogen and oxygen atoms in total. The number of aryl methyl sites for hydroxylation is 1. The molecule has 0 fully saturated rings. The fraction of sp³-hybridized carbons (Fsp3) is 0.333. The van der Waals surface area contributed by atoms with Crippen molar-refractivity contribution in [2.24, 2.45) is 0 Å². The van der Waals surface area contributed by atoms with Crippen molar-refractivity contribution in [3.8, 4) is 17.2 Å². The van der Waals surface area contributed by atoms with Crippen LogP contribution in [-0.2, 0) is 6.42 Å². The monoisotopic (exact) mass is 311 g/mol. The van der Waals surface area contributed by atoms with Crippen molar-refractivity contribution in [3.05, 3.63) is 42.0 Å². The van der Waals surface area contributed by atoms with Crippen LogP contribution in [0.1, 0.15) is 32.3 Å². The molecule has 1 N–H and O–H groups in total. The van der Waals surface area contributed by atoms with E-state index in [0.29, 0.717) is 12.3 Å². The summed E-state index contributed by atoms with van der Waals surface area (Å²) < 4.78 is 5.48. The van der Waals surface area contributed by atoms with Crippen LogP contribution >= 0.6 is 0 Å². The number of hydrogen-bond acceptors (Lipinski definition) is 4. The Morgan fingerprint density at radius 3 is 2.61 bits per heavy atom. The van der Waals surface area contributed by atoms with E-state index in [1.807, 2.05) is 37.3 Å². The first-order chi connectivity index (χ1) is 11.2. The van der Waals surface area contributed by atoms with Crippen LogP contribution in [-0.4, -0.2) is 26.7 Å². The number of rotatable bonds is 6. The van der Waals surface area contributed by atoms with Gasteiger partial charge in [0.2, 0.25) is 0 Å². The first-order valence-corrected chi connectivity index (χ1v) is 8.03. The maximum Gasteiger partial charge on any atom is 0.143 e. The van der Waals surface area contributed by atoms with Gasteiger partial charge < -0.3 is 9.84 Å². The van der Waals surface area contributed by atoms with Crippen molar-refractivity contribution in [1.29, 1.82) is 0 Å². The van der Waals surface area contributed by atoms with Gasteiger partial charge in [-0.2, -0.15) is 0 Å². The van der Waals surface area contributed by atoms with Crippen molar-refractivity contribution in [3.63, 3.8) is 0 Å². The second-order valence-corrected chi connectivity index (χ2v) is 5.50. The lowest BCUT2D eigenvalue weighted by Crippen LogP contribution is -1.99. The van der Waals surface area contributed by atoms with Gasteiger partial charge in [-0.15, -0.1) is 15.0 Å². The van der Waals surface area contributed by atoms with Crippen molar-refractivity contribution in [1.82, 2.24) is 15.0 Å². The summed E-state index contributed by atoms with van der Waals surface area (Å²) in [4.78, 5) is 1.47. The minimum absolute atomic E-state index is 0.198. The third-order valence-electron chi connectivity index (χ3n) is 3.74. The number of phenols is 1. The number of aromatic hydroxyl groups is 1. The van der Waals surface area contributed by atoms with E-state index in [4.69, 9.17) is 4.74 Å². The summed E-state index contributed by atoms with van der Waals surface area (Å²) in [6.07, 6.45) is 3.22. The highest BCUT2D eigenvalue weighted by atomic mass is 16.5. The molecule has 1 heterocycles. The fourth-order valence-corrected chi connectivity index (χ4v) is 2.53. The Labute approximate surface area is 135 Å². The fourth-order valence-electron chi connectivity index (χ4n) is 2.53. The summed E-state index contributed by atoms with van der Waals surface area (Å²) in [5, 5.41) is 19.2.